The number of likely N-dealkylation sites (tertiary alicyclic amines) is 1. The van der Waals surface area contributed by atoms with Crippen LogP contribution in [0.15, 0.2) is 72.8 Å². The van der Waals surface area contributed by atoms with Gasteiger partial charge in [0.25, 0.3) is 0 Å². The number of pyridine rings is 1. The molecule has 2 heterocycles. The molecule has 0 saturated carbocycles. The van der Waals surface area contributed by atoms with Gasteiger partial charge in [-0.2, -0.15) is 0 Å². The highest BCUT2D eigenvalue weighted by molar-refractivity contribution is 5.92. The average Bonchev–Trinajstić information content (AvgIpc) is 2.63. The number of rotatable bonds is 4. The summed E-state index contributed by atoms with van der Waals surface area (Å²) >= 11 is 0. The highest BCUT2D eigenvalue weighted by Gasteiger charge is 2.31. The summed E-state index contributed by atoms with van der Waals surface area (Å²) in [5, 5.41) is 1.09. The van der Waals surface area contributed by atoms with Crippen molar-refractivity contribution in [1.82, 2.24) is 9.88 Å². The summed E-state index contributed by atoms with van der Waals surface area (Å²) in [4.78, 5) is 18.4. The first-order chi connectivity index (χ1) is 12.3. The van der Waals surface area contributed by atoms with E-state index < -0.39 is 0 Å². The van der Waals surface area contributed by atoms with E-state index in [1.54, 1.807) is 11.0 Å². The maximum absolute atomic E-state index is 12.1. The minimum atomic E-state index is 0.00253. The van der Waals surface area contributed by atoms with E-state index in [0.29, 0.717) is 19.0 Å². The third-order valence-electron chi connectivity index (χ3n) is 4.24. The maximum Gasteiger partial charge on any atom is 0.246 e. The highest BCUT2D eigenvalue weighted by Crippen LogP contribution is 2.20. The van der Waals surface area contributed by atoms with Crippen molar-refractivity contribution in [2.75, 3.05) is 13.1 Å². The van der Waals surface area contributed by atoms with Gasteiger partial charge >= 0.3 is 0 Å². The van der Waals surface area contributed by atoms with Crippen LogP contribution in [0.4, 0.5) is 0 Å². The number of aromatic nitrogens is 1. The molecule has 1 amide bonds. The second-order valence-electron chi connectivity index (χ2n) is 6.07. The van der Waals surface area contributed by atoms with Crippen LogP contribution in [0.3, 0.4) is 0 Å². The van der Waals surface area contributed by atoms with Crippen molar-refractivity contribution in [3.05, 3.63) is 78.4 Å². The van der Waals surface area contributed by atoms with Crippen LogP contribution >= 0.6 is 0 Å². The molecule has 0 bridgehead atoms. The lowest BCUT2D eigenvalue weighted by Gasteiger charge is -2.38. The number of hydrogen-bond acceptors (Lipinski definition) is 3. The average molecular weight is 330 g/mol. The monoisotopic (exact) mass is 330 g/mol. The first-order valence-corrected chi connectivity index (χ1v) is 8.32. The van der Waals surface area contributed by atoms with Gasteiger partial charge in [0.1, 0.15) is 6.10 Å². The SMILES string of the molecule is O=C(/C=C/c1ccccc1)N1CC(Oc2ccc3ccccc3n2)C1. The predicted molar refractivity (Wildman–Crippen MR) is 98.2 cm³/mol. The summed E-state index contributed by atoms with van der Waals surface area (Å²) in [7, 11) is 0. The number of benzene rings is 2. The predicted octanol–water partition coefficient (Wildman–Crippen LogP) is 3.54. The van der Waals surface area contributed by atoms with Crippen LogP contribution in [0.5, 0.6) is 5.88 Å². The Morgan fingerprint density at radius 2 is 1.76 bits per heavy atom. The molecule has 4 heteroatoms. The molecule has 0 spiro atoms. The van der Waals surface area contributed by atoms with Crippen LogP contribution in [0.2, 0.25) is 0 Å². The minimum Gasteiger partial charge on any atom is -0.471 e. The van der Waals surface area contributed by atoms with Crippen LogP contribution in [0, 0.1) is 0 Å². The van der Waals surface area contributed by atoms with Crippen LogP contribution in [-0.2, 0) is 4.79 Å². The largest absolute Gasteiger partial charge is 0.471 e. The number of para-hydroxylation sites is 1. The molecular formula is C21H18N2O2. The van der Waals surface area contributed by atoms with Crippen molar-refractivity contribution in [3.63, 3.8) is 0 Å². The molecule has 4 rings (SSSR count). The van der Waals surface area contributed by atoms with Crippen LogP contribution < -0.4 is 4.74 Å². The standard InChI is InChI=1S/C21H18N2O2/c24-21(13-10-16-6-2-1-3-7-16)23-14-18(15-23)25-20-12-11-17-8-4-5-9-19(17)22-20/h1-13,18H,14-15H2/b13-10+. The van der Waals surface area contributed by atoms with E-state index in [1.165, 1.54) is 0 Å². The Kier molecular flexibility index (Phi) is 4.17. The number of fused-ring (bicyclic) bond motifs is 1. The van der Waals surface area contributed by atoms with Crippen LogP contribution in [-0.4, -0.2) is 35.0 Å². The Morgan fingerprint density at radius 1 is 1.00 bits per heavy atom. The molecule has 1 saturated heterocycles. The van der Waals surface area contributed by atoms with Gasteiger partial charge in [0, 0.05) is 17.5 Å². The van der Waals surface area contributed by atoms with E-state index in [2.05, 4.69) is 4.98 Å². The zero-order chi connectivity index (χ0) is 17.1. The zero-order valence-electron chi connectivity index (χ0n) is 13.7. The van der Waals surface area contributed by atoms with Gasteiger partial charge in [0.15, 0.2) is 0 Å². The Bertz CT molecular complexity index is 915. The molecule has 1 aromatic heterocycles. The molecule has 0 N–H and O–H groups in total. The van der Waals surface area contributed by atoms with E-state index in [4.69, 9.17) is 4.74 Å². The van der Waals surface area contributed by atoms with Crippen molar-refractivity contribution in [2.24, 2.45) is 0 Å². The molecule has 0 unspecified atom stereocenters. The van der Waals surface area contributed by atoms with Crippen LogP contribution in [0.1, 0.15) is 5.56 Å². The number of nitrogens with zero attached hydrogens (tertiary/aromatic N) is 2. The fourth-order valence-corrected chi connectivity index (χ4v) is 2.81. The molecule has 124 valence electrons. The fraction of sp³-hybridized carbons (Fsp3) is 0.143. The molecule has 25 heavy (non-hydrogen) atoms. The van der Waals surface area contributed by atoms with E-state index in [-0.39, 0.29) is 12.0 Å². The second kappa shape index (κ2) is 6.77. The van der Waals surface area contributed by atoms with Gasteiger partial charge in [0.05, 0.1) is 18.6 Å². The molecule has 1 aliphatic heterocycles. The van der Waals surface area contributed by atoms with Gasteiger partial charge in [-0.05, 0) is 23.8 Å². The van der Waals surface area contributed by atoms with Gasteiger partial charge in [-0.25, -0.2) is 4.98 Å². The van der Waals surface area contributed by atoms with E-state index >= 15 is 0 Å². The van der Waals surface area contributed by atoms with Crippen molar-refractivity contribution >= 4 is 22.9 Å². The van der Waals surface area contributed by atoms with E-state index in [0.717, 1.165) is 16.5 Å². The van der Waals surface area contributed by atoms with Gasteiger partial charge in [-0.1, -0.05) is 48.5 Å². The molecule has 1 aliphatic rings. The van der Waals surface area contributed by atoms with Crippen LogP contribution in [0.25, 0.3) is 17.0 Å². The highest BCUT2D eigenvalue weighted by atomic mass is 16.5. The van der Waals surface area contributed by atoms with Crippen molar-refractivity contribution in [2.45, 2.75) is 6.10 Å². The second-order valence-corrected chi connectivity index (χ2v) is 6.07. The van der Waals surface area contributed by atoms with Gasteiger partial charge < -0.3 is 9.64 Å². The van der Waals surface area contributed by atoms with Gasteiger partial charge in [-0.3, -0.25) is 4.79 Å². The molecule has 0 aliphatic carbocycles. The van der Waals surface area contributed by atoms with Gasteiger partial charge in [0.2, 0.25) is 11.8 Å². The number of ether oxygens (including phenoxy) is 1. The van der Waals surface area contributed by atoms with Crippen molar-refractivity contribution < 1.29 is 9.53 Å². The summed E-state index contributed by atoms with van der Waals surface area (Å²) in [5.41, 5.74) is 1.93. The lowest BCUT2D eigenvalue weighted by molar-refractivity contribution is -0.134. The Labute approximate surface area is 146 Å². The lowest BCUT2D eigenvalue weighted by Crippen LogP contribution is -2.55. The number of carbonyl (C=O) groups is 1. The van der Waals surface area contributed by atoms with E-state index in [9.17, 15) is 4.79 Å². The molecule has 2 aromatic carbocycles. The molecule has 1 fully saturated rings. The Morgan fingerprint density at radius 3 is 2.60 bits per heavy atom. The molecule has 0 atom stereocenters. The number of hydrogen-bond donors (Lipinski definition) is 0. The molecule has 0 radical (unpaired) electrons. The summed E-state index contributed by atoms with van der Waals surface area (Å²) < 4.78 is 5.87. The first-order valence-electron chi connectivity index (χ1n) is 8.32. The normalized spacial score (nSPS) is 14.6. The molecular weight excluding hydrogens is 312 g/mol. The fourth-order valence-electron chi connectivity index (χ4n) is 2.81. The summed E-state index contributed by atoms with van der Waals surface area (Å²) in [6.07, 6.45) is 3.45. The zero-order valence-corrected chi connectivity index (χ0v) is 13.7. The third-order valence-corrected chi connectivity index (χ3v) is 4.24. The first kappa shape index (κ1) is 15.4. The maximum atomic E-state index is 12.1. The number of amides is 1. The summed E-state index contributed by atoms with van der Waals surface area (Å²) in [6, 6.07) is 21.6. The van der Waals surface area contributed by atoms with Crippen molar-refractivity contribution in [1.29, 1.82) is 0 Å². The smallest absolute Gasteiger partial charge is 0.246 e. The molecule has 4 nitrogen and oxygen atoms in total. The van der Waals surface area contributed by atoms with E-state index in [1.807, 2.05) is 72.8 Å². The Balaban J connectivity index is 1.32. The molecule has 3 aromatic rings. The quantitative estimate of drug-likeness (QED) is 0.687. The lowest BCUT2D eigenvalue weighted by atomic mass is 10.1. The third kappa shape index (κ3) is 3.53. The minimum absolute atomic E-state index is 0.00253. The number of carbonyl (C=O) groups excluding carboxylic acids is 1. The van der Waals surface area contributed by atoms with Gasteiger partial charge in [-0.15, -0.1) is 0 Å². The Hall–Kier alpha value is -3.14. The van der Waals surface area contributed by atoms with Crippen molar-refractivity contribution in [3.8, 4) is 5.88 Å². The summed E-state index contributed by atoms with van der Waals surface area (Å²) in [6.45, 7) is 1.18. The topological polar surface area (TPSA) is 42.4 Å². The summed E-state index contributed by atoms with van der Waals surface area (Å²) in [5.74, 6) is 0.616.